The Morgan fingerprint density at radius 1 is 1.11 bits per heavy atom. The summed E-state index contributed by atoms with van der Waals surface area (Å²) in [5.41, 5.74) is 0.621. The first-order valence-corrected chi connectivity index (χ1v) is 11.9. The van der Waals surface area contributed by atoms with E-state index in [0.29, 0.717) is 48.5 Å². The van der Waals surface area contributed by atoms with Crippen LogP contribution >= 0.6 is 11.6 Å². The summed E-state index contributed by atoms with van der Waals surface area (Å²) in [6.45, 7) is 0.809. The second-order valence-corrected chi connectivity index (χ2v) is 10.7. The van der Waals surface area contributed by atoms with Gasteiger partial charge >= 0.3 is 0 Å². The lowest BCUT2D eigenvalue weighted by Gasteiger charge is -2.32. The third-order valence-corrected chi connectivity index (χ3v) is 8.78. The van der Waals surface area contributed by atoms with Crippen molar-refractivity contribution in [3.63, 3.8) is 0 Å². The molecule has 0 radical (unpaired) electrons. The Balaban J connectivity index is 1.30. The molecular weight excluding hydrogens is 384 g/mol. The highest BCUT2D eigenvalue weighted by Crippen LogP contribution is 2.44. The Kier molecular flexibility index (Phi) is 5.50. The van der Waals surface area contributed by atoms with E-state index in [1.807, 2.05) is 0 Å². The highest BCUT2D eigenvalue weighted by atomic mass is 35.5. The van der Waals surface area contributed by atoms with Gasteiger partial charge in [-0.25, -0.2) is 12.7 Å². The maximum absolute atomic E-state index is 12.7. The number of piperidine rings is 1. The zero-order valence-corrected chi connectivity index (χ0v) is 17.0. The van der Waals surface area contributed by atoms with Gasteiger partial charge in [0.2, 0.25) is 15.9 Å². The first-order chi connectivity index (χ1) is 12.9. The second-order valence-electron chi connectivity index (χ2n) is 8.31. The van der Waals surface area contributed by atoms with Gasteiger partial charge in [-0.3, -0.25) is 4.79 Å². The second kappa shape index (κ2) is 7.72. The van der Waals surface area contributed by atoms with Gasteiger partial charge in [0.1, 0.15) is 0 Å². The summed E-state index contributed by atoms with van der Waals surface area (Å²) in [5.74, 6) is 1.42. The maximum atomic E-state index is 12.7. The third kappa shape index (κ3) is 4.17. The van der Waals surface area contributed by atoms with Gasteiger partial charge in [-0.2, -0.15) is 0 Å². The minimum Gasteiger partial charge on any atom is -0.353 e. The van der Waals surface area contributed by atoms with Gasteiger partial charge in [-0.05, 0) is 55.6 Å². The lowest BCUT2D eigenvalue weighted by molar-refractivity contribution is -0.127. The van der Waals surface area contributed by atoms with E-state index < -0.39 is 10.0 Å². The Morgan fingerprint density at radius 2 is 1.85 bits per heavy atom. The molecule has 1 aromatic rings. The summed E-state index contributed by atoms with van der Waals surface area (Å²) in [6.07, 6.45) is 6.14. The fourth-order valence-electron chi connectivity index (χ4n) is 5.02. The Labute approximate surface area is 166 Å². The van der Waals surface area contributed by atoms with Gasteiger partial charge in [0.05, 0.1) is 5.75 Å². The number of benzene rings is 1. The Bertz CT molecular complexity index is 805. The van der Waals surface area contributed by atoms with Crippen LogP contribution in [0.5, 0.6) is 0 Å². The number of nitrogens with zero attached hydrogens (tertiary/aromatic N) is 1. The largest absolute Gasteiger partial charge is 0.353 e. The number of carbonyl (C=O) groups excluding carboxylic acids is 1. The summed E-state index contributed by atoms with van der Waals surface area (Å²) in [5, 5.41) is 3.73. The molecule has 1 aliphatic heterocycles. The van der Waals surface area contributed by atoms with Gasteiger partial charge < -0.3 is 5.32 Å². The molecule has 2 bridgehead atoms. The molecule has 3 aliphatic rings. The van der Waals surface area contributed by atoms with Crippen LogP contribution in [0.1, 0.15) is 44.1 Å². The molecule has 3 atom stereocenters. The zero-order chi connectivity index (χ0) is 19.0. The van der Waals surface area contributed by atoms with Crippen molar-refractivity contribution in [3.05, 3.63) is 34.9 Å². The molecule has 1 heterocycles. The van der Waals surface area contributed by atoms with Crippen molar-refractivity contribution in [2.45, 2.75) is 50.3 Å². The standard InChI is InChI=1S/C20H27ClN2O3S/c21-18-4-2-1-3-17(18)13-27(25,26)23-9-7-15(8-10-23)20(24)22-19-12-14-5-6-16(19)11-14/h1-4,14-16,19H,5-13H2,(H,22,24)/t14-,16+,19-/m0/s1. The van der Waals surface area contributed by atoms with E-state index in [1.165, 1.54) is 23.6 Å². The Morgan fingerprint density at radius 3 is 2.48 bits per heavy atom. The van der Waals surface area contributed by atoms with Crippen molar-refractivity contribution in [2.75, 3.05) is 13.1 Å². The van der Waals surface area contributed by atoms with Gasteiger partial charge in [0.25, 0.3) is 0 Å². The van der Waals surface area contributed by atoms with Crippen LogP contribution in [0, 0.1) is 17.8 Å². The van der Waals surface area contributed by atoms with Crippen molar-refractivity contribution in [3.8, 4) is 0 Å². The monoisotopic (exact) mass is 410 g/mol. The van der Waals surface area contributed by atoms with Gasteiger partial charge in [-0.15, -0.1) is 0 Å². The molecule has 2 saturated carbocycles. The average Bonchev–Trinajstić information content (AvgIpc) is 3.27. The number of fused-ring (bicyclic) bond motifs is 2. The highest BCUT2D eigenvalue weighted by molar-refractivity contribution is 7.88. The number of hydrogen-bond donors (Lipinski definition) is 1. The first-order valence-electron chi connectivity index (χ1n) is 9.94. The molecule has 0 spiro atoms. The van der Waals surface area contributed by atoms with E-state index in [1.54, 1.807) is 24.3 Å². The normalized spacial score (nSPS) is 29.1. The smallest absolute Gasteiger partial charge is 0.223 e. The SMILES string of the molecule is O=C(N[C@H]1C[C@H]2CC[C@@H]1C2)C1CCN(S(=O)(=O)Cc2ccccc2Cl)CC1. The van der Waals surface area contributed by atoms with E-state index >= 15 is 0 Å². The van der Waals surface area contributed by atoms with E-state index in [9.17, 15) is 13.2 Å². The molecule has 148 valence electrons. The molecule has 1 aromatic carbocycles. The average molecular weight is 411 g/mol. The molecule has 2 aliphatic carbocycles. The van der Waals surface area contributed by atoms with Crippen LogP contribution in [-0.4, -0.2) is 37.8 Å². The van der Waals surface area contributed by atoms with Crippen LogP contribution < -0.4 is 5.32 Å². The van der Waals surface area contributed by atoms with Gasteiger partial charge in [0, 0.05) is 30.1 Å². The predicted octanol–water partition coefficient (Wildman–Crippen LogP) is 3.19. The summed E-state index contributed by atoms with van der Waals surface area (Å²) in [6, 6.07) is 7.38. The van der Waals surface area contributed by atoms with Gasteiger partial charge in [0.15, 0.2) is 0 Å². The summed E-state index contributed by atoms with van der Waals surface area (Å²) < 4.78 is 26.9. The van der Waals surface area contributed by atoms with E-state index in [2.05, 4.69) is 5.32 Å². The van der Waals surface area contributed by atoms with Crippen LogP contribution in [0.4, 0.5) is 0 Å². The molecule has 1 N–H and O–H groups in total. The fourth-order valence-corrected chi connectivity index (χ4v) is 6.90. The predicted molar refractivity (Wildman–Crippen MR) is 106 cm³/mol. The molecule has 1 saturated heterocycles. The number of halogens is 1. The van der Waals surface area contributed by atoms with E-state index in [-0.39, 0.29) is 17.6 Å². The molecular formula is C20H27ClN2O3S. The summed E-state index contributed by atoms with van der Waals surface area (Å²) in [4.78, 5) is 12.6. The third-order valence-electron chi connectivity index (χ3n) is 6.58. The number of carbonyl (C=O) groups is 1. The van der Waals surface area contributed by atoms with Crippen LogP contribution in [0.2, 0.25) is 5.02 Å². The molecule has 0 aromatic heterocycles. The fraction of sp³-hybridized carbons (Fsp3) is 0.650. The first kappa shape index (κ1) is 19.2. The number of amides is 1. The molecule has 1 amide bonds. The molecule has 3 fully saturated rings. The minimum atomic E-state index is -3.42. The van der Waals surface area contributed by atoms with E-state index in [4.69, 9.17) is 11.6 Å². The minimum absolute atomic E-state index is 0.0733. The Hall–Kier alpha value is -1.11. The van der Waals surface area contributed by atoms with E-state index in [0.717, 1.165) is 12.3 Å². The topological polar surface area (TPSA) is 66.5 Å². The molecule has 27 heavy (non-hydrogen) atoms. The quantitative estimate of drug-likeness (QED) is 0.810. The van der Waals surface area contributed by atoms with Crippen LogP contribution in [0.25, 0.3) is 0 Å². The van der Waals surface area contributed by atoms with Crippen LogP contribution in [0.15, 0.2) is 24.3 Å². The highest BCUT2D eigenvalue weighted by Gasteiger charge is 2.41. The van der Waals surface area contributed by atoms with Gasteiger partial charge in [-0.1, -0.05) is 36.2 Å². The summed E-state index contributed by atoms with van der Waals surface area (Å²) >= 11 is 6.11. The van der Waals surface area contributed by atoms with Crippen molar-refractivity contribution in [2.24, 2.45) is 17.8 Å². The maximum Gasteiger partial charge on any atom is 0.223 e. The number of hydrogen-bond acceptors (Lipinski definition) is 3. The summed E-state index contributed by atoms with van der Waals surface area (Å²) in [7, 11) is -3.42. The number of sulfonamides is 1. The zero-order valence-electron chi connectivity index (χ0n) is 15.4. The molecule has 7 heteroatoms. The lowest BCUT2D eigenvalue weighted by Crippen LogP contribution is -2.46. The lowest BCUT2D eigenvalue weighted by atomic mass is 9.93. The number of rotatable bonds is 5. The van der Waals surface area contributed by atoms with Crippen LogP contribution in [-0.2, 0) is 20.6 Å². The van der Waals surface area contributed by atoms with Crippen molar-refractivity contribution >= 4 is 27.5 Å². The molecule has 0 unspecified atom stereocenters. The number of nitrogens with one attached hydrogen (secondary N) is 1. The molecule has 5 nitrogen and oxygen atoms in total. The van der Waals surface area contributed by atoms with Crippen molar-refractivity contribution in [1.82, 2.24) is 9.62 Å². The van der Waals surface area contributed by atoms with Crippen LogP contribution in [0.3, 0.4) is 0 Å². The molecule has 4 rings (SSSR count). The van der Waals surface area contributed by atoms with Crippen molar-refractivity contribution in [1.29, 1.82) is 0 Å². The van der Waals surface area contributed by atoms with Crippen molar-refractivity contribution < 1.29 is 13.2 Å².